The van der Waals surface area contributed by atoms with Crippen molar-refractivity contribution in [2.45, 2.75) is 70.4 Å². The van der Waals surface area contributed by atoms with Gasteiger partial charge in [-0.05, 0) is 25.7 Å². The van der Waals surface area contributed by atoms with Crippen LogP contribution in [0.25, 0.3) is 0 Å². The Morgan fingerprint density at radius 2 is 1.84 bits per heavy atom. The maximum Gasteiger partial charge on any atom is 0.326 e. The third-order valence-electron chi connectivity index (χ3n) is 5.07. The highest BCUT2D eigenvalue weighted by Crippen LogP contribution is 2.24. The maximum atomic E-state index is 12.4. The lowest BCUT2D eigenvalue weighted by molar-refractivity contribution is -0.151. The van der Waals surface area contributed by atoms with E-state index in [-0.39, 0.29) is 11.9 Å². The van der Waals surface area contributed by atoms with Gasteiger partial charge in [-0.3, -0.25) is 19.3 Å². The van der Waals surface area contributed by atoms with Crippen LogP contribution in [0.4, 0.5) is 4.79 Å². The van der Waals surface area contributed by atoms with Crippen molar-refractivity contribution in [1.29, 1.82) is 0 Å². The van der Waals surface area contributed by atoms with E-state index in [9.17, 15) is 19.2 Å². The average Bonchev–Trinajstić information content (AvgIpc) is 2.85. The molecular weight excluding hydrogens is 326 g/mol. The number of ether oxygens (including phenoxy) is 1. The van der Waals surface area contributed by atoms with Crippen molar-refractivity contribution in [2.75, 3.05) is 13.2 Å². The highest BCUT2D eigenvalue weighted by atomic mass is 16.5. The van der Waals surface area contributed by atoms with Crippen molar-refractivity contribution in [2.24, 2.45) is 0 Å². The molecule has 8 heteroatoms. The second-order valence-corrected chi connectivity index (χ2v) is 6.67. The molecule has 1 aliphatic carbocycles. The summed E-state index contributed by atoms with van der Waals surface area (Å²) in [4.78, 5) is 48.9. The summed E-state index contributed by atoms with van der Waals surface area (Å²) in [5, 5.41) is 5.48. The van der Waals surface area contributed by atoms with Gasteiger partial charge in [-0.1, -0.05) is 33.1 Å². The number of esters is 1. The van der Waals surface area contributed by atoms with E-state index in [0.29, 0.717) is 12.8 Å². The first-order chi connectivity index (χ1) is 11.9. The van der Waals surface area contributed by atoms with E-state index in [1.807, 2.05) is 0 Å². The lowest BCUT2D eigenvalue weighted by Crippen LogP contribution is -2.46. The molecule has 0 aromatic carbocycles. The van der Waals surface area contributed by atoms with Crippen LogP contribution in [0.15, 0.2) is 0 Å². The number of urea groups is 1. The molecule has 0 atom stereocenters. The summed E-state index contributed by atoms with van der Waals surface area (Å²) in [6, 6.07) is -0.460. The first-order valence-electron chi connectivity index (χ1n) is 9.01. The summed E-state index contributed by atoms with van der Waals surface area (Å²) in [6.45, 7) is 2.73. The molecule has 2 N–H and O–H groups in total. The van der Waals surface area contributed by atoms with Gasteiger partial charge in [0.05, 0.1) is 0 Å². The van der Waals surface area contributed by atoms with E-state index in [1.165, 1.54) is 6.42 Å². The second-order valence-electron chi connectivity index (χ2n) is 6.67. The smallest absolute Gasteiger partial charge is 0.326 e. The van der Waals surface area contributed by atoms with Gasteiger partial charge in [0.15, 0.2) is 6.61 Å². The normalized spacial score (nSPS) is 20.3. The van der Waals surface area contributed by atoms with Gasteiger partial charge in [0.1, 0.15) is 12.1 Å². The molecule has 4 amide bonds. The number of imide groups is 1. The van der Waals surface area contributed by atoms with Gasteiger partial charge >= 0.3 is 12.0 Å². The monoisotopic (exact) mass is 353 g/mol. The number of hydrogen-bond donors (Lipinski definition) is 2. The fourth-order valence-electron chi connectivity index (χ4n) is 3.39. The molecule has 0 spiro atoms. The predicted octanol–water partition coefficient (Wildman–Crippen LogP) is 1.09. The molecule has 2 fully saturated rings. The molecule has 1 heterocycles. The van der Waals surface area contributed by atoms with Gasteiger partial charge < -0.3 is 15.4 Å². The lowest BCUT2D eigenvalue weighted by atomic mass is 9.93. The minimum absolute atomic E-state index is 0.139. The zero-order valence-corrected chi connectivity index (χ0v) is 14.9. The van der Waals surface area contributed by atoms with Crippen LogP contribution in [0.1, 0.15) is 58.8 Å². The van der Waals surface area contributed by atoms with Crippen LogP contribution in [0.3, 0.4) is 0 Å². The number of carbonyl (C=O) groups excluding carboxylic acids is 4. The molecule has 0 aromatic rings. The molecule has 2 rings (SSSR count). The molecule has 2 aliphatic rings. The molecule has 8 nitrogen and oxygen atoms in total. The first-order valence-corrected chi connectivity index (χ1v) is 9.01. The minimum atomic E-state index is -0.949. The summed E-state index contributed by atoms with van der Waals surface area (Å²) < 4.78 is 4.91. The van der Waals surface area contributed by atoms with E-state index in [0.717, 1.165) is 30.6 Å². The van der Waals surface area contributed by atoms with E-state index in [4.69, 9.17) is 4.74 Å². The van der Waals surface area contributed by atoms with Crippen molar-refractivity contribution < 1.29 is 23.9 Å². The topological polar surface area (TPSA) is 105 Å². The van der Waals surface area contributed by atoms with Crippen LogP contribution in [0, 0.1) is 0 Å². The van der Waals surface area contributed by atoms with Gasteiger partial charge in [-0.2, -0.15) is 0 Å². The summed E-state index contributed by atoms with van der Waals surface area (Å²) in [5.41, 5.74) is -0.949. The van der Waals surface area contributed by atoms with E-state index < -0.39 is 36.6 Å². The molecule has 140 valence electrons. The summed E-state index contributed by atoms with van der Waals surface area (Å²) in [7, 11) is 0. The number of nitrogens with zero attached hydrogens (tertiary/aromatic N) is 1. The molecule has 1 saturated heterocycles. The van der Waals surface area contributed by atoms with E-state index in [2.05, 4.69) is 10.6 Å². The van der Waals surface area contributed by atoms with Crippen molar-refractivity contribution in [3.63, 3.8) is 0 Å². The molecule has 1 aliphatic heterocycles. The van der Waals surface area contributed by atoms with Gasteiger partial charge in [0, 0.05) is 6.04 Å². The second kappa shape index (κ2) is 8.31. The van der Waals surface area contributed by atoms with E-state index in [1.54, 1.807) is 13.8 Å². The quantitative estimate of drug-likeness (QED) is 0.526. The average molecular weight is 353 g/mol. The molecule has 0 radical (unpaired) electrons. The molecule has 0 unspecified atom stereocenters. The number of carbonyl (C=O) groups is 4. The van der Waals surface area contributed by atoms with E-state index >= 15 is 0 Å². The Morgan fingerprint density at radius 3 is 2.40 bits per heavy atom. The third-order valence-corrected chi connectivity index (χ3v) is 5.07. The van der Waals surface area contributed by atoms with Crippen LogP contribution in [0.2, 0.25) is 0 Å². The Bertz CT molecular complexity index is 538. The summed E-state index contributed by atoms with van der Waals surface area (Å²) in [6.07, 6.45) is 6.15. The lowest BCUT2D eigenvalue weighted by Gasteiger charge is -2.23. The largest absolute Gasteiger partial charge is 0.454 e. The SMILES string of the molecule is CCC1(CC)NC(=O)N(CC(=O)OCC(=O)NC2CCCCC2)C1=O. The Balaban J connectivity index is 1.79. The van der Waals surface area contributed by atoms with Crippen molar-refractivity contribution >= 4 is 23.8 Å². The molecule has 0 bridgehead atoms. The maximum absolute atomic E-state index is 12.4. The predicted molar refractivity (Wildman–Crippen MR) is 89.5 cm³/mol. The molecule has 0 aromatic heterocycles. The van der Waals surface area contributed by atoms with Crippen molar-refractivity contribution in [1.82, 2.24) is 15.5 Å². The van der Waals surface area contributed by atoms with Gasteiger partial charge in [0.25, 0.3) is 11.8 Å². The molecule has 25 heavy (non-hydrogen) atoms. The fraction of sp³-hybridized carbons (Fsp3) is 0.765. The first kappa shape index (κ1) is 19.2. The minimum Gasteiger partial charge on any atom is -0.454 e. The number of amides is 4. The van der Waals surface area contributed by atoms with Crippen LogP contribution in [-0.2, 0) is 19.1 Å². The Kier molecular flexibility index (Phi) is 6.39. The fourth-order valence-corrected chi connectivity index (χ4v) is 3.39. The summed E-state index contributed by atoms with van der Waals surface area (Å²) in [5.74, 6) is -1.55. The van der Waals surface area contributed by atoms with Crippen LogP contribution >= 0.6 is 0 Å². The van der Waals surface area contributed by atoms with Gasteiger partial charge in [-0.15, -0.1) is 0 Å². The molecule has 1 saturated carbocycles. The van der Waals surface area contributed by atoms with Crippen molar-refractivity contribution in [3.05, 3.63) is 0 Å². The summed E-state index contributed by atoms with van der Waals surface area (Å²) >= 11 is 0. The Labute approximate surface area is 147 Å². The Hall–Kier alpha value is -2.12. The zero-order valence-electron chi connectivity index (χ0n) is 14.9. The number of hydrogen-bond acceptors (Lipinski definition) is 5. The Morgan fingerprint density at radius 1 is 1.20 bits per heavy atom. The zero-order chi connectivity index (χ0) is 18.4. The van der Waals surface area contributed by atoms with Gasteiger partial charge in [-0.25, -0.2) is 4.79 Å². The van der Waals surface area contributed by atoms with Crippen LogP contribution in [-0.4, -0.2) is 53.4 Å². The third kappa shape index (κ3) is 4.49. The molecular formula is C17H27N3O5. The number of nitrogens with one attached hydrogen (secondary N) is 2. The van der Waals surface area contributed by atoms with Crippen LogP contribution < -0.4 is 10.6 Å². The van der Waals surface area contributed by atoms with Crippen LogP contribution in [0.5, 0.6) is 0 Å². The standard InChI is InChI=1S/C17H27N3O5/c1-3-17(4-2)15(23)20(16(24)19-17)10-14(22)25-11-13(21)18-12-8-6-5-7-9-12/h12H,3-11H2,1-2H3,(H,18,21)(H,19,24). The highest BCUT2D eigenvalue weighted by molar-refractivity contribution is 6.08. The van der Waals surface area contributed by atoms with Crippen molar-refractivity contribution in [3.8, 4) is 0 Å². The number of rotatable bonds is 7. The van der Waals surface area contributed by atoms with Gasteiger partial charge in [0.2, 0.25) is 0 Å². The highest BCUT2D eigenvalue weighted by Gasteiger charge is 2.49.